The molecule has 0 heterocycles. The second-order valence-corrected chi connectivity index (χ2v) is 6.55. The molecule has 1 aliphatic carbocycles. The van der Waals surface area contributed by atoms with E-state index in [0.717, 1.165) is 6.42 Å². The van der Waals surface area contributed by atoms with Gasteiger partial charge in [-0.3, -0.25) is 4.79 Å². The minimum absolute atomic E-state index is 0.108. The Kier molecular flexibility index (Phi) is 5.78. The van der Waals surface area contributed by atoms with Crippen LogP contribution in [0.1, 0.15) is 60.3 Å². The molecule has 0 aliphatic heterocycles. The zero-order valence-corrected chi connectivity index (χ0v) is 13.1. The van der Waals surface area contributed by atoms with Crippen LogP contribution in [0.2, 0.25) is 0 Å². The molecule has 0 fully saturated rings. The Balaban J connectivity index is 2.58. The second-order valence-electron chi connectivity index (χ2n) is 6.55. The summed E-state index contributed by atoms with van der Waals surface area (Å²) in [5, 5.41) is 0. The quantitative estimate of drug-likeness (QED) is 0.375. The molecule has 0 aromatic rings. The zero-order valence-electron chi connectivity index (χ0n) is 13.1. The molecule has 0 saturated heterocycles. The van der Waals surface area contributed by atoms with Gasteiger partial charge in [-0.25, -0.2) is 0 Å². The maximum atomic E-state index is 10.8. The summed E-state index contributed by atoms with van der Waals surface area (Å²) in [6.45, 7) is 10.8. The summed E-state index contributed by atoms with van der Waals surface area (Å²) < 4.78 is 0. The molecule has 1 heteroatoms. The van der Waals surface area contributed by atoms with Gasteiger partial charge in [0.15, 0.2) is 5.78 Å². The second kappa shape index (κ2) is 6.88. The van der Waals surface area contributed by atoms with E-state index < -0.39 is 0 Å². The minimum atomic E-state index is 0.108. The third-order valence-electron chi connectivity index (χ3n) is 4.29. The van der Waals surface area contributed by atoms with E-state index in [4.69, 9.17) is 0 Å². The van der Waals surface area contributed by atoms with E-state index in [-0.39, 0.29) is 5.78 Å². The Morgan fingerprint density at radius 2 is 2.11 bits per heavy atom. The molecule has 0 amide bonds. The van der Waals surface area contributed by atoms with Gasteiger partial charge in [0.1, 0.15) is 0 Å². The molecule has 0 aromatic carbocycles. The van der Waals surface area contributed by atoms with Crippen LogP contribution in [0.25, 0.3) is 0 Å². The normalized spacial score (nSPS) is 23.5. The van der Waals surface area contributed by atoms with E-state index >= 15 is 0 Å². The topological polar surface area (TPSA) is 17.1 Å². The van der Waals surface area contributed by atoms with Gasteiger partial charge in [0.25, 0.3) is 0 Å². The molecule has 0 saturated carbocycles. The summed E-state index contributed by atoms with van der Waals surface area (Å²) in [7, 11) is 0. The van der Waals surface area contributed by atoms with Crippen molar-refractivity contribution in [2.75, 3.05) is 0 Å². The van der Waals surface area contributed by atoms with Crippen molar-refractivity contribution >= 4 is 5.78 Å². The van der Waals surface area contributed by atoms with Gasteiger partial charge in [0.2, 0.25) is 0 Å². The highest BCUT2D eigenvalue weighted by atomic mass is 16.1. The van der Waals surface area contributed by atoms with Crippen molar-refractivity contribution in [2.45, 2.75) is 60.3 Å². The van der Waals surface area contributed by atoms with Gasteiger partial charge in [0, 0.05) is 0 Å². The van der Waals surface area contributed by atoms with Gasteiger partial charge in [-0.2, -0.15) is 0 Å². The summed E-state index contributed by atoms with van der Waals surface area (Å²) in [6.07, 6.45) is 12.8. The molecule has 1 rings (SSSR count). The van der Waals surface area contributed by atoms with Crippen LogP contribution in [-0.2, 0) is 4.79 Å². The number of allylic oxidation sites excluding steroid dienone is 6. The summed E-state index contributed by atoms with van der Waals surface area (Å²) >= 11 is 0. The van der Waals surface area contributed by atoms with Crippen molar-refractivity contribution in [2.24, 2.45) is 11.3 Å². The lowest BCUT2D eigenvalue weighted by molar-refractivity contribution is -0.112. The smallest absolute Gasteiger partial charge is 0.152 e. The molecule has 0 spiro atoms. The van der Waals surface area contributed by atoms with E-state index in [9.17, 15) is 4.79 Å². The van der Waals surface area contributed by atoms with Crippen LogP contribution in [0.4, 0.5) is 0 Å². The average Bonchev–Trinajstić information content (AvgIpc) is 2.26. The average molecular weight is 260 g/mol. The fraction of sp³-hybridized carbons (Fsp3) is 0.611. The number of hydrogen-bond acceptors (Lipinski definition) is 1. The first-order valence-corrected chi connectivity index (χ1v) is 7.34. The van der Waals surface area contributed by atoms with Crippen molar-refractivity contribution in [3.05, 3.63) is 35.5 Å². The summed E-state index contributed by atoms with van der Waals surface area (Å²) in [6, 6.07) is 0. The SMILES string of the molecule is CC(=O)/C=C/C=C(\C)CCC1C(C)=CCCC1(C)C. The van der Waals surface area contributed by atoms with Crippen molar-refractivity contribution in [1.82, 2.24) is 0 Å². The van der Waals surface area contributed by atoms with Gasteiger partial charge >= 0.3 is 0 Å². The predicted octanol–water partition coefficient (Wildman–Crippen LogP) is 5.24. The number of carbonyl (C=O) groups is 1. The van der Waals surface area contributed by atoms with E-state index in [1.165, 1.54) is 24.8 Å². The van der Waals surface area contributed by atoms with Crippen molar-refractivity contribution in [3.63, 3.8) is 0 Å². The van der Waals surface area contributed by atoms with Crippen LogP contribution >= 0.6 is 0 Å². The van der Waals surface area contributed by atoms with Crippen LogP contribution in [0.3, 0.4) is 0 Å². The number of rotatable bonds is 5. The third-order valence-corrected chi connectivity index (χ3v) is 4.29. The van der Waals surface area contributed by atoms with E-state index in [2.05, 4.69) is 39.8 Å². The first kappa shape index (κ1) is 15.9. The molecule has 106 valence electrons. The first-order chi connectivity index (χ1) is 8.83. The Morgan fingerprint density at radius 1 is 1.42 bits per heavy atom. The van der Waals surface area contributed by atoms with Crippen molar-refractivity contribution in [3.8, 4) is 0 Å². The molecular formula is C18H28O. The molecule has 0 radical (unpaired) electrons. The fourth-order valence-corrected chi connectivity index (χ4v) is 3.03. The Hall–Kier alpha value is -1.11. The van der Waals surface area contributed by atoms with Crippen LogP contribution in [0.5, 0.6) is 0 Å². The van der Waals surface area contributed by atoms with Crippen LogP contribution in [-0.4, -0.2) is 5.78 Å². The summed E-state index contributed by atoms with van der Waals surface area (Å²) in [5.41, 5.74) is 3.34. The van der Waals surface area contributed by atoms with Gasteiger partial charge in [-0.15, -0.1) is 0 Å². The van der Waals surface area contributed by atoms with E-state index in [1.807, 2.05) is 6.08 Å². The lowest BCUT2D eigenvalue weighted by atomic mass is 9.67. The molecule has 1 atom stereocenters. The molecule has 19 heavy (non-hydrogen) atoms. The lowest BCUT2D eigenvalue weighted by Crippen LogP contribution is -2.27. The highest BCUT2D eigenvalue weighted by molar-refractivity contribution is 5.87. The zero-order chi connectivity index (χ0) is 14.5. The van der Waals surface area contributed by atoms with E-state index in [0.29, 0.717) is 11.3 Å². The Morgan fingerprint density at radius 3 is 2.68 bits per heavy atom. The number of ketones is 1. The first-order valence-electron chi connectivity index (χ1n) is 7.34. The fourth-order valence-electron chi connectivity index (χ4n) is 3.03. The highest BCUT2D eigenvalue weighted by Crippen LogP contribution is 2.43. The Labute approximate surface area is 118 Å². The van der Waals surface area contributed by atoms with Crippen molar-refractivity contribution in [1.29, 1.82) is 0 Å². The standard InChI is InChI=1S/C18H28O/c1-14(8-6-10-16(3)19)11-12-17-15(2)9-7-13-18(17,4)5/h6,8-10,17H,7,11-13H2,1-5H3/b10-6+,14-8+. The molecule has 0 N–H and O–H groups in total. The predicted molar refractivity (Wildman–Crippen MR) is 83.1 cm³/mol. The molecule has 1 nitrogen and oxygen atoms in total. The molecule has 1 aliphatic rings. The van der Waals surface area contributed by atoms with Crippen molar-refractivity contribution < 1.29 is 4.79 Å². The largest absolute Gasteiger partial charge is 0.295 e. The van der Waals surface area contributed by atoms with Gasteiger partial charge < -0.3 is 0 Å². The third kappa shape index (κ3) is 5.18. The monoisotopic (exact) mass is 260 g/mol. The van der Waals surface area contributed by atoms with Crippen LogP contribution < -0.4 is 0 Å². The molecular weight excluding hydrogens is 232 g/mol. The van der Waals surface area contributed by atoms with E-state index in [1.54, 1.807) is 18.6 Å². The maximum absolute atomic E-state index is 10.8. The van der Waals surface area contributed by atoms with Gasteiger partial charge in [-0.05, 0) is 63.9 Å². The lowest BCUT2D eigenvalue weighted by Gasteiger charge is -2.38. The maximum Gasteiger partial charge on any atom is 0.152 e. The summed E-state index contributed by atoms with van der Waals surface area (Å²) in [4.78, 5) is 10.8. The molecule has 0 aromatic heterocycles. The number of carbonyl (C=O) groups excluding carboxylic acids is 1. The molecule has 0 bridgehead atoms. The minimum Gasteiger partial charge on any atom is -0.295 e. The summed E-state index contributed by atoms with van der Waals surface area (Å²) in [5.74, 6) is 0.803. The highest BCUT2D eigenvalue weighted by Gasteiger charge is 2.32. The van der Waals surface area contributed by atoms with Crippen LogP contribution in [0, 0.1) is 11.3 Å². The number of hydrogen-bond donors (Lipinski definition) is 0. The van der Waals surface area contributed by atoms with Gasteiger partial charge in [-0.1, -0.05) is 43.2 Å². The Bertz CT molecular complexity index is 407. The molecule has 1 unspecified atom stereocenters. The van der Waals surface area contributed by atoms with Gasteiger partial charge in [0.05, 0.1) is 0 Å². The van der Waals surface area contributed by atoms with Crippen LogP contribution in [0.15, 0.2) is 35.5 Å².